The van der Waals surface area contributed by atoms with Crippen LogP contribution in [0.1, 0.15) is 43.6 Å². The van der Waals surface area contributed by atoms with Crippen LogP contribution in [-0.2, 0) is 0 Å². The van der Waals surface area contributed by atoms with Gasteiger partial charge in [0.25, 0.3) is 0 Å². The third-order valence-corrected chi connectivity index (χ3v) is 3.84. The van der Waals surface area contributed by atoms with Crippen LogP contribution < -0.4 is 15.2 Å². The Bertz CT molecular complexity index is 392. The van der Waals surface area contributed by atoms with Crippen molar-refractivity contribution in [2.24, 2.45) is 5.73 Å². The van der Waals surface area contributed by atoms with E-state index in [2.05, 4.69) is 6.07 Å². The molecule has 18 heavy (non-hydrogen) atoms. The molecule has 0 spiro atoms. The summed E-state index contributed by atoms with van der Waals surface area (Å²) >= 11 is 0. The number of rotatable bonds is 3. The molecule has 3 nitrogen and oxygen atoms in total. The fraction of sp³-hybridized carbons (Fsp3) is 0.600. The van der Waals surface area contributed by atoms with Crippen molar-refractivity contribution in [3.05, 3.63) is 23.8 Å². The molecule has 1 aliphatic carbocycles. The van der Waals surface area contributed by atoms with E-state index in [1.54, 1.807) is 14.2 Å². The molecule has 0 bridgehead atoms. The summed E-state index contributed by atoms with van der Waals surface area (Å²) in [7, 11) is 3.42. The van der Waals surface area contributed by atoms with Crippen LogP contribution in [0, 0.1) is 0 Å². The standard InChI is InChI=1S/C15H23NO2/c1-17-13-7-8-15(18-2)14(10-13)11-5-3-4-6-12(16)9-11/h7-8,10-12H,3-6,9,16H2,1-2H3. The molecule has 0 aromatic heterocycles. The molecule has 0 amide bonds. The molecule has 2 rings (SSSR count). The summed E-state index contributed by atoms with van der Waals surface area (Å²) in [6.07, 6.45) is 5.87. The van der Waals surface area contributed by atoms with Gasteiger partial charge >= 0.3 is 0 Å². The van der Waals surface area contributed by atoms with Crippen molar-refractivity contribution in [2.45, 2.75) is 44.1 Å². The SMILES string of the molecule is COc1ccc(OC)c(C2CCCCC(N)C2)c1. The van der Waals surface area contributed by atoms with E-state index < -0.39 is 0 Å². The summed E-state index contributed by atoms with van der Waals surface area (Å²) in [6.45, 7) is 0. The minimum absolute atomic E-state index is 0.313. The second kappa shape index (κ2) is 6.10. The van der Waals surface area contributed by atoms with E-state index in [0.29, 0.717) is 12.0 Å². The quantitative estimate of drug-likeness (QED) is 0.837. The van der Waals surface area contributed by atoms with Gasteiger partial charge in [0, 0.05) is 11.6 Å². The predicted octanol–water partition coefficient (Wildman–Crippen LogP) is 3.08. The maximum absolute atomic E-state index is 6.15. The van der Waals surface area contributed by atoms with E-state index in [9.17, 15) is 0 Å². The summed E-state index contributed by atoms with van der Waals surface area (Å²) in [5.41, 5.74) is 7.40. The molecule has 0 aliphatic heterocycles. The highest BCUT2D eigenvalue weighted by Crippen LogP contribution is 2.38. The van der Waals surface area contributed by atoms with Gasteiger partial charge in [-0.3, -0.25) is 0 Å². The van der Waals surface area contributed by atoms with Gasteiger partial charge in [0.05, 0.1) is 14.2 Å². The second-order valence-electron chi connectivity index (χ2n) is 5.09. The van der Waals surface area contributed by atoms with Crippen LogP contribution in [-0.4, -0.2) is 20.3 Å². The highest BCUT2D eigenvalue weighted by molar-refractivity contribution is 5.42. The maximum Gasteiger partial charge on any atom is 0.122 e. The fourth-order valence-electron chi connectivity index (χ4n) is 2.84. The van der Waals surface area contributed by atoms with Gasteiger partial charge in [-0.2, -0.15) is 0 Å². The highest BCUT2D eigenvalue weighted by Gasteiger charge is 2.22. The van der Waals surface area contributed by atoms with Gasteiger partial charge in [-0.05, 0) is 43.4 Å². The lowest BCUT2D eigenvalue weighted by Gasteiger charge is -2.20. The Kier molecular flexibility index (Phi) is 4.48. The molecule has 2 unspecified atom stereocenters. The lowest BCUT2D eigenvalue weighted by atomic mass is 9.89. The lowest BCUT2D eigenvalue weighted by Crippen LogP contribution is -2.21. The van der Waals surface area contributed by atoms with Crippen LogP contribution in [0.25, 0.3) is 0 Å². The van der Waals surface area contributed by atoms with Gasteiger partial charge in [-0.15, -0.1) is 0 Å². The van der Waals surface area contributed by atoms with Crippen molar-refractivity contribution in [2.75, 3.05) is 14.2 Å². The average Bonchev–Trinajstić information content (AvgIpc) is 2.62. The van der Waals surface area contributed by atoms with Gasteiger partial charge in [0.15, 0.2) is 0 Å². The number of hydrogen-bond acceptors (Lipinski definition) is 3. The van der Waals surface area contributed by atoms with Crippen LogP contribution in [0.15, 0.2) is 18.2 Å². The average molecular weight is 249 g/mol. The Morgan fingerprint density at radius 2 is 1.89 bits per heavy atom. The van der Waals surface area contributed by atoms with E-state index in [4.69, 9.17) is 15.2 Å². The van der Waals surface area contributed by atoms with Crippen LogP contribution in [0.4, 0.5) is 0 Å². The molecule has 0 heterocycles. The van der Waals surface area contributed by atoms with Gasteiger partial charge in [0.1, 0.15) is 11.5 Å². The zero-order chi connectivity index (χ0) is 13.0. The molecule has 2 atom stereocenters. The molecule has 1 aromatic carbocycles. The first-order valence-corrected chi connectivity index (χ1v) is 6.72. The Morgan fingerprint density at radius 3 is 2.61 bits per heavy atom. The van der Waals surface area contributed by atoms with Gasteiger partial charge < -0.3 is 15.2 Å². The molecule has 3 heteroatoms. The minimum Gasteiger partial charge on any atom is -0.497 e. The molecule has 0 saturated heterocycles. The van der Waals surface area contributed by atoms with E-state index >= 15 is 0 Å². The van der Waals surface area contributed by atoms with Crippen molar-refractivity contribution in [1.82, 2.24) is 0 Å². The van der Waals surface area contributed by atoms with Crippen LogP contribution >= 0.6 is 0 Å². The molecule has 1 saturated carbocycles. The molecule has 1 aliphatic rings. The van der Waals surface area contributed by atoms with Crippen molar-refractivity contribution in [3.8, 4) is 11.5 Å². The minimum atomic E-state index is 0.313. The molecule has 100 valence electrons. The zero-order valence-corrected chi connectivity index (χ0v) is 11.3. The third kappa shape index (κ3) is 2.96. The monoisotopic (exact) mass is 249 g/mol. The zero-order valence-electron chi connectivity index (χ0n) is 11.3. The Hall–Kier alpha value is -1.22. The molecular formula is C15H23NO2. The maximum atomic E-state index is 6.15. The highest BCUT2D eigenvalue weighted by atomic mass is 16.5. The molecule has 1 fully saturated rings. The van der Waals surface area contributed by atoms with Crippen LogP contribution in [0.2, 0.25) is 0 Å². The van der Waals surface area contributed by atoms with Gasteiger partial charge in [-0.1, -0.05) is 12.8 Å². The summed E-state index contributed by atoms with van der Waals surface area (Å²) < 4.78 is 10.8. The smallest absolute Gasteiger partial charge is 0.122 e. The van der Waals surface area contributed by atoms with Gasteiger partial charge in [-0.25, -0.2) is 0 Å². The van der Waals surface area contributed by atoms with E-state index in [1.165, 1.54) is 24.8 Å². The Labute approximate surface area is 109 Å². The molecule has 2 N–H and O–H groups in total. The van der Waals surface area contributed by atoms with Gasteiger partial charge in [0.2, 0.25) is 0 Å². The first-order valence-electron chi connectivity index (χ1n) is 6.72. The molecule has 1 aromatic rings. The van der Waals surface area contributed by atoms with Crippen LogP contribution in [0.5, 0.6) is 11.5 Å². The summed E-state index contributed by atoms with van der Waals surface area (Å²) in [4.78, 5) is 0. The first-order chi connectivity index (χ1) is 8.74. The summed E-state index contributed by atoms with van der Waals surface area (Å²) in [6, 6.07) is 6.35. The number of hydrogen-bond donors (Lipinski definition) is 1. The van der Waals surface area contributed by atoms with Crippen molar-refractivity contribution >= 4 is 0 Å². The van der Waals surface area contributed by atoms with E-state index in [-0.39, 0.29) is 0 Å². The fourth-order valence-corrected chi connectivity index (χ4v) is 2.84. The summed E-state index contributed by atoms with van der Waals surface area (Å²) in [5.74, 6) is 2.34. The lowest BCUT2D eigenvalue weighted by molar-refractivity contribution is 0.390. The Balaban J connectivity index is 2.28. The number of nitrogens with two attached hydrogens (primary N) is 1. The topological polar surface area (TPSA) is 44.5 Å². The molecule has 0 radical (unpaired) electrons. The number of ether oxygens (including phenoxy) is 2. The van der Waals surface area contributed by atoms with E-state index in [0.717, 1.165) is 24.3 Å². The largest absolute Gasteiger partial charge is 0.497 e. The van der Waals surface area contributed by atoms with E-state index in [1.807, 2.05) is 12.1 Å². The van der Waals surface area contributed by atoms with Crippen molar-refractivity contribution in [1.29, 1.82) is 0 Å². The predicted molar refractivity (Wildman–Crippen MR) is 73.3 cm³/mol. The first kappa shape index (κ1) is 13.2. The number of methoxy groups -OCH3 is 2. The molecular weight excluding hydrogens is 226 g/mol. The summed E-state index contributed by atoms with van der Waals surface area (Å²) in [5, 5.41) is 0. The van der Waals surface area contributed by atoms with Crippen LogP contribution in [0.3, 0.4) is 0 Å². The Morgan fingerprint density at radius 1 is 1.11 bits per heavy atom. The van der Waals surface area contributed by atoms with Crippen molar-refractivity contribution < 1.29 is 9.47 Å². The normalized spacial score (nSPS) is 24.4. The third-order valence-electron chi connectivity index (χ3n) is 3.84. The number of benzene rings is 1. The van der Waals surface area contributed by atoms with Crippen molar-refractivity contribution in [3.63, 3.8) is 0 Å². The second-order valence-corrected chi connectivity index (χ2v) is 5.09.